The summed E-state index contributed by atoms with van der Waals surface area (Å²) in [6.45, 7) is 0.494. The first kappa shape index (κ1) is 18.0. The van der Waals surface area contributed by atoms with Gasteiger partial charge >= 0.3 is 5.97 Å². The molecule has 0 aliphatic heterocycles. The van der Waals surface area contributed by atoms with E-state index < -0.39 is 5.97 Å². The number of aromatic nitrogens is 1. The molecule has 0 fully saturated rings. The van der Waals surface area contributed by atoms with E-state index in [1.54, 1.807) is 7.11 Å². The lowest BCUT2D eigenvalue weighted by Gasteiger charge is -2.15. The molecule has 2 aromatic rings. The van der Waals surface area contributed by atoms with Crippen molar-refractivity contribution in [3.05, 3.63) is 35.0 Å². The Kier molecular flexibility index (Phi) is 5.55. The molecule has 138 valence electrons. The van der Waals surface area contributed by atoms with Gasteiger partial charge in [-0.25, -0.2) is 0 Å². The molecular formula is C19H22N2O5. The van der Waals surface area contributed by atoms with Gasteiger partial charge in [0.2, 0.25) is 0 Å². The fourth-order valence-electron chi connectivity index (χ4n) is 3.18. The molecule has 3 rings (SSSR count). The Morgan fingerprint density at radius 2 is 2.12 bits per heavy atom. The number of carboxylic acid groups (broad SMARTS) is 1. The number of ether oxygens (including phenoxy) is 1. The van der Waals surface area contributed by atoms with Crippen LogP contribution in [0.15, 0.2) is 22.7 Å². The fourth-order valence-corrected chi connectivity index (χ4v) is 3.18. The largest absolute Gasteiger partial charge is 0.497 e. The Bertz CT molecular complexity index is 812. The molecule has 2 N–H and O–H groups in total. The number of carbonyl (C=O) groups excluding carboxylic acids is 1. The third kappa shape index (κ3) is 3.87. The van der Waals surface area contributed by atoms with Crippen LogP contribution in [-0.4, -0.2) is 35.8 Å². The van der Waals surface area contributed by atoms with Crippen molar-refractivity contribution in [1.82, 2.24) is 10.5 Å². The molecule has 1 amide bonds. The van der Waals surface area contributed by atoms with Crippen LogP contribution in [-0.2, 0) is 17.6 Å². The first-order valence-electron chi connectivity index (χ1n) is 8.76. The predicted octanol–water partition coefficient (Wildman–Crippen LogP) is 2.82. The SMILES string of the molecule is COc1ccc2c(c1)CCc1c(C(=O)NCCCCCC(=O)O)noc1-2. The molecule has 1 aromatic heterocycles. The molecule has 0 radical (unpaired) electrons. The molecule has 26 heavy (non-hydrogen) atoms. The lowest BCUT2D eigenvalue weighted by Crippen LogP contribution is -2.26. The van der Waals surface area contributed by atoms with Crippen LogP contribution >= 0.6 is 0 Å². The summed E-state index contributed by atoms with van der Waals surface area (Å²) < 4.78 is 10.7. The van der Waals surface area contributed by atoms with Crippen LogP contribution in [0.25, 0.3) is 11.3 Å². The summed E-state index contributed by atoms with van der Waals surface area (Å²) in [7, 11) is 1.63. The van der Waals surface area contributed by atoms with Gasteiger partial charge in [-0.2, -0.15) is 0 Å². The Balaban J connectivity index is 1.62. The maximum Gasteiger partial charge on any atom is 0.303 e. The average molecular weight is 358 g/mol. The topological polar surface area (TPSA) is 102 Å². The third-order valence-electron chi connectivity index (χ3n) is 4.56. The van der Waals surface area contributed by atoms with Crippen LogP contribution in [0.1, 0.15) is 47.3 Å². The van der Waals surface area contributed by atoms with Gasteiger partial charge in [-0.1, -0.05) is 11.6 Å². The Morgan fingerprint density at radius 1 is 1.27 bits per heavy atom. The van der Waals surface area contributed by atoms with Crippen molar-refractivity contribution in [3.63, 3.8) is 0 Å². The second-order valence-electron chi connectivity index (χ2n) is 6.32. The van der Waals surface area contributed by atoms with Crippen LogP contribution in [0.2, 0.25) is 0 Å². The van der Waals surface area contributed by atoms with Crippen molar-refractivity contribution in [1.29, 1.82) is 0 Å². The zero-order chi connectivity index (χ0) is 18.5. The van der Waals surface area contributed by atoms with Crippen LogP contribution in [0.5, 0.6) is 5.75 Å². The lowest BCUT2D eigenvalue weighted by molar-refractivity contribution is -0.137. The van der Waals surface area contributed by atoms with Gasteiger partial charge in [0.25, 0.3) is 5.91 Å². The average Bonchev–Trinajstić information content (AvgIpc) is 3.08. The number of carboxylic acids is 1. The van der Waals surface area contributed by atoms with Crippen LogP contribution < -0.4 is 10.1 Å². The molecule has 0 atom stereocenters. The molecular weight excluding hydrogens is 336 g/mol. The van der Waals surface area contributed by atoms with Gasteiger partial charge < -0.3 is 19.7 Å². The van der Waals surface area contributed by atoms with E-state index in [0.29, 0.717) is 30.8 Å². The number of unbranched alkanes of at least 4 members (excludes halogenated alkanes) is 2. The van der Waals surface area contributed by atoms with Crippen molar-refractivity contribution in [2.45, 2.75) is 38.5 Å². The van der Waals surface area contributed by atoms with Crippen LogP contribution in [0.4, 0.5) is 0 Å². The number of methoxy groups -OCH3 is 1. The van der Waals surface area contributed by atoms with Crippen LogP contribution in [0.3, 0.4) is 0 Å². The fraction of sp³-hybridized carbons (Fsp3) is 0.421. The van der Waals surface area contributed by atoms with Gasteiger partial charge in [-0.3, -0.25) is 9.59 Å². The monoisotopic (exact) mass is 358 g/mol. The van der Waals surface area contributed by atoms with E-state index in [2.05, 4.69) is 10.5 Å². The highest BCUT2D eigenvalue weighted by Gasteiger charge is 2.27. The lowest BCUT2D eigenvalue weighted by atomic mass is 9.89. The Hall–Kier alpha value is -2.83. The number of fused-ring (bicyclic) bond motifs is 3. The van der Waals surface area contributed by atoms with Crippen molar-refractivity contribution < 1.29 is 24.0 Å². The van der Waals surface area contributed by atoms with E-state index in [1.165, 1.54) is 0 Å². The minimum Gasteiger partial charge on any atom is -0.497 e. The number of aryl methyl sites for hydroxylation is 1. The normalized spacial score (nSPS) is 12.2. The highest BCUT2D eigenvalue weighted by atomic mass is 16.5. The van der Waals surface area contributed by atoms with E-state index in [-0.39, 0.29) is 12.3 Å². The van der Waals surface area contributed by atoms with E-state index in [1.807, 2.05) is 18.2 Å². The first-order chi connectivity index (χ1) is 12.6. The standard InChI is InChI=1S/C19H22N2O5/c1-25-13-7-9-14-12(11-13)6-8-15-17(21-26-18(14)15)19(24)20-10-4-2-3-5-16(22)23/h7,9,11H,2-6,8,10H2,1H3,(H,20,24)(H,22,23). The van der Waals surface area contributed by atoms with Crippen molar-refractivity contribution in [3.8, 4) is 17.1 Å². The highest BCUT2D eigenvalue weighted by molar-refractivity contribution is 5.95. The van der Waals surface area contributed by atoms with Crippen molar-refractivity contribution in [2.75, 3.05) is 13.7 Å². The number of nitrogens with zero attached hydrogens (tertiary/aromatic N) is 1. The van der Waals surface area contributed by atoms with Gasteiger partial charge in [0, 0.05) is 24.1 Å². The van der Waals surface area contributed by atoms with Crippen LogP contribution in [0, 0.1) is 0 Å². The number of benzene rings is 1. The van der Waals surface area contributed by atoms with E-state index in [4.69, 9.17) is 14.4 Å². The van der Waals surface area contributed by atoms with Crippen molar-refractivity contribution >= 4 is 11.9 Å². The molecule has 1 aliphatic carbocycles. The molecule has 0 saturated carbocycles. The molecule has 7 heteroatoms. The van der Waals surface area contributed by atoms with Gasteiger partial charge in [0.05, 0.1) is 7.11 Å². The minimum absolute atomic E-state index is 0.162. The summed E-state index contributed by atoms with van der Waals surface area (Å²) >= 11 is 0. The molecule has 0 spiro atoms. The zero-order valence-corrected chi connectivity index (χ0v) is 14.7. The number of aliphatic carboxylic acids is 1. The van der Waals surface area contributed by atoms with Gasteiger partial charge in [0.1, 0.15) is 5.75 Å². The number of amides is 1. The first-order valence-corrected chi connectivity index (χ1v) is 8.76. The summed E-state index contributed by atoms with van der Waals surface area (Å²) in [6, 6.07) is 5.78. The molecule has 0 saturated heterocycles. The summed E-state index contributed by atoms with van der Waals surface area (Å²) in [6.07, 6.45) is 3.77. The zero-order valence-electron chi connectivity index (χ0n) is 14.7. The number of hydrogen-bond donors (Lipinski definition) is 2. The second kappa shape index (κ2) is 8.03. The van der Waals surface area contributed by atoms with E-state index >= 15 is 0 Å². The molecule has 1 aromatic carbocycles. The Morgan fingerprint density at radius 3 is 2.88 bits per heavy atom. The summed E-state index contributed by atoms with van der Waals surface area (Å²) in [5, 5.41) is 15.4. The van der Waals surface area contributed by atoms with Crippen molar-refractivity contribution in [2.24, 2.45) is 0 Å². The highest BCUT2D eigenvalue weighted by Crippen LogP contribution is 2.36. The summed E-state index contributed by atoms with van der Waals surface area (Å²) in [5.74, 6) is 0.416. The van der Waals surface area contributed by atoms with E-state index in [0.717, 1.165) is 41.7 Å². The maximum atomic E-state index is 12.4. The molecule has 1 aliphatic rings. The third-order valence-corrected chi connectivity index (χ3v) is 4.56. The van der Waals surface area contributed by atoms with E-state index in [9.17, 15) is 9.59 Å². The number of rotatable bonds is 8. The summed E-state index contributed by atoms with van der Waals surface area (Å²) in [5.41, 5.74) is 3.25. The molecule has 1 heterocycles. The quantitative estimate of drug-likeness (QED) is 0.704. The smallest absolute Gasteiger partial charge is 0.303 e. The number of hydrogen-bond acceptors (Lipinski definition) is 5. The molecule has 7 nitrogen and oxygen atoms in total. The van der Waals surface area contributed by atoms with Gasteiger partial charge in [-0.15, -0.1) is 0 Å². The molecule has 0 unspecified atom stereocenters. The second-order valence-corrected chi connectivity index (χ2v) is 6.32. The maximum absolute atomic E-state index is 12.4. The molecule has 0 bridgehead atoms. The number of nitrogens with one attached hydrogen (secondary N) is 1. The van der Waals surface area contributed by atoms with Gasteiger partial charge in [-0.05, 0) is 49.4 Å². The minimum atomic E-state index is -0.791. The summed E-state index contributed by atoms with van der Waals surface area (Å²) in [4.78, 5) is 22.8. The van der Waals surface area contributed by atoms with Gasteiger partial charge in [0.15, 0.2) is 11.5 Å². The number of carbonyl (C=O) groups is 2. The Labute approximate surface area is 151 Å². The predicted molar refractivity (Wildman–Crippen MR) is 94.3 cm³/mol.